The minimum Gasteiger partial charge on any atom is -0.460 e. The van der Waals surface area contributed by atoms with Crippen LogP contribution in [0, 0.1) is 0 Å². The van der Waals surface area contributed by atoms with Crippen molar-refractivity contribution in [1.82, 2.24) is 0 Å². The van der Waals surface area contributed by atoms with E-state index in [1.54, 1.807) is 6.07 Å². The average molecular weight is 362 g/mol. The van der Waals surface area contributed by atoms with Crippen molar-refractivity contribution in [1.29, 1.82) is 0 Å². The molecular weight excluding hydrogens is 342 g/mol. The summed E-state index contributed by atoms with van der Waals surface area (Å²) in [5.74, 6) is -0.0504. The van der Waals surface area contributed by atoms with E-state index in [4.69, 9.17) is 26.2 Å². The van der Waals surface area contributed by atoms with Crippen molar-refractivity contribution in [3.8, 4) is 5.75 Å². The molecule has 3 rings (SSSR count). The molecule has 2 aliphatic rings. The third-order valence-corrected chi connectivity index (χ3v) is 5.03. The van der Waals surface area contributed by atoms with E-state index in [2.05, 4.69) is 4.18 Å². The van der Waals surface area contributed by atoms with Crippen molar-refractivity contribution in [3.05, 3.63) is 28.8 Å². The Hall–Kier alpha value is -0.860. The van der Waals surface area contributed by atoms with Crippen LogP contribution in [0.1, 0.15) is 50.2 Å². The Morgan fingerprint density at radius 3 is 2.74 bits per heavy atom. The Morgan fingerprint density at radius 1 is 1.30 bits per heavy atom. The predicted molar refractivity (Wildman–Crippen MR) is 85.4 cm³/mol. The molecule has 0 radical (unpaired) electrons. The van der Waals surface area contributed by atoms with Gasteiger partial charge >= 0.3 is 10.3 Å². The van der Waals surface area contributed by atoms with Crippen molar-refractivity contribution < 1.29 is 22.1 Å². The molecule has 0 amide bonds. The lowest BCUT2D eigenvalue weighted by molar-refractivity contribution is -0.246. The Bertz CT molecular complexity index is 672. The van der Waals surface area contributed by atoms with E-state index in [0.717, 1.165) is 37.7 Å². The summed E-state index contributed by atoms with van der Waals surface area (Å²) < 4.78 is 38.9. The summed E-state index contributed by atoms with van der Waals surface area (Å²) in [6.45, 7) is -0.0501. The second-order valence-electron chi connectivity index (χ2n) is 5.94. The summed E-state index contributed by atoms with van der Waals surface area (Å²) in [7, 11) is -3.96. The highest BCUT2D eigenvalue weighted by Crippen LogP contribution is 2.48. The Labute approximate surface area is 141 Å². The lowest BCUT2D eigenvalue weighted by Gasteiger charge is -2.44. The highest BCUT2D eigenvalue weighted by atomic mass is 35.5. The summed E-state index contributed by atoms with van der Waals surface area (Å²) in [6, 6.07) is 5.47. The fourth-order valence-corrected chi connectivity index (χ4v) is 3.76. The smallest absolute Gasteiger partial charge is 0.333 e. The fourth-order valence-electron chi connectivity index (χ4n) is 3.22. The second-order valence-corrected chi connectivity index (χ2v) is 7.57. The van der Waals surface area contributed by atoms with Gasteiger partial charge in [0.15, 0.2) is 0 Å². The predicted octanol–water partition coefficient (Wildman–Crippen LogP) is 3.06. The molecule has 1 aromatic carbocycles. The van der Waals surface area contributed by atoms with Gasteiger partial charge in [0.05, 0.1) is 17.7 Å². The third-order valence-electron chi connectivity index (χ3n) is 4.23. The summed E-state index contributed by atoms with van der Waals surface area (Å²) >= 11 is 6.29. The van der Waals surface area contributed by atoms with Gasteiger partial charge in [-0.25, -0.2) is 5.14 Å². The van der Waals surface area contributed by atoms with Crippen molar-refractivity contribution in [2.24, 2.45) is 5.14 Å². The number of hydrogen-bond acceptors (Lipinski definition) is 5. The number of nitrogens with two attached hydrogens (primary N) is 1. The fraction of sp³-hybridized carbons (Fsp3) is 0.600. The van der Waals surface area contributed by atoms with Crippen LogP contribution in [0.15, 0.2) is 18.2 Å². The van der Waals surface area contributed by atoms with Gasteiger partial charge in [0.1, 0.15) is 5.75 Å². The van der Waals surface area contributed by atoms with Crippen molar-refractivity contribution in [2.45, 2.75) is 50.4 Å². The van der Waals surface area contributed by atoms with Gasteiger partial charge in [-0.15, -0.1) is 0 Å². The average Bonchev–Trinajstić information content (AvgIpc) is 2.48. The van der Waals surface area contributed by atoms with E-state index >= 15 is 0 Å². The number of hydrogen-bond donors (Lipinski definition) is 1. The number of para-hydroxylation sites is 1. The standard InChI is InChI=1S/C15H20ClNO5S/c16-12-6-4-5-11-13(7-10-20-23(17,18)19)21-15(22-14(11)12)8-2-1-3-9-15/h4-6,13H,1-3,7-10H2,(H2,17,18,19). The molecule has 1 fully saturated rings. The van der Waals surface area contributed by atoms with E-state index in [-0.39, 0.29) is 12.7 Å². The van der Waals surface area contributed by atoms with Crippen LogP contribution in [-0.2, 0) is 19.2 Å². The molecule has 0 aromatic heterocycles. The first-order valence-electron chi connectivity index (χ1n) is 7.71. The number of rotatable bonds is 4. The Balaban J connectivity index is 1.84. The number of benzene rings is 1. The molecule has 128 valence electrons. The number of fused-ring (bicyclic) bond motifs is 1. The van der Waals surface area contributed by atoms with E-state index in [1.807, 2.05) is 12.1 Å². The van der Waals surface area contributed by atoms with Crippen LogP contribution in [0.4, 0.5) is 0 Å². The molecule has 1 saturated carbocycles. The summed E-state index contributed by atoms with van der Waals surface area (Å²) in [4.78, 5) is 0. The van der Waals surface area contributed by atoms with Crippen molar-refractivity contribution in [2.75, 3.05) is 6.61 Å². The molecule has 1 spiro atoms. The molecule has 1 aliphatic carbocycles. The quantitative estimate of drug-likeness (QED) is 0.890. The first-order valence-corrected chi connectivity index (χ1v) is 9.56. The van der Waals surface area contributed by atoms with E-state index < -0.39 is 16.1 Å². The lowest BCUT2D eigenvalue weighted by Crippen LogP contribution is -2.45. The maximum atomic E-state index is 10.9. The van der Waals surface area contributed by atoms with Crippen LogP contribution in [0.5, 0.6) is 5.75 Å². The van der Waals surface area contributed by atoms with Crippen molar-refractivity contribution >= 4 is 21.9 Å². The van der Waals surface area contributed by atoms with Gasteiger partial charge in [0.25, 0.3) is 0 Å². The molecule has 0 bridgehead atoms. The highest BCUT2D eigenvalue weighted by Gasteiger charge is 2.43. The molecule has 1 unspecified atom stereocenters. The van der Waals surface area contributed by atoms with Crippen LogP contribution in [0.3, 0.4) is 0 Å². The van der Waals surface area contributed by atoms with Gasteiger partial charge < -0.3 is 9.47 Å². The van der Waals surface area contributed by atoms with E-state index in [9.17, 15) is 8.42 Å². The van der Waals surface area contributed by atoms with Crippen LogP contribution in [0.2, 0.25) is 5.02 Å². The molecular formula is C15H20ClNO5S. The zero-order valence-electron chi connectivity index (χ0n) is 12.7. The van der Waals surface area contributed by atoms with Crippen LogP contribution in [0.25, 0.3) is 0 Å². The van der Waals surface area contributed by atoms with Gasteiger partial charge in [-0.05, 0) is 18.9 Å². The van der Waals surface area contributed by atoms with Gasteiger partial charge in [-0.2, -0.15) is 8.42 Å². The van der Waals surface area contributed by atoms with Crippen molar-refractivity contribution in [3.63, 3.8) is 0 Å². The highest BCUT2D eigenvalue weighted by molar-refractivity contribution is 7.84. The first kappa shape index (κ1) is 17.0. The van der Waals surface area contributed by atoms with Crippen LogP contribution in [-0.4, -0.2) is 20.8 Å². The monoisotopic (exact) mass is 361 g/mol. The first-order chi connectivity index (χ1) is 10.9. The van der Waals surface area contributed by atoms with Crippen LogP contribution < -0.4 is 9.88 Å². The van der Waals surface area contributed by atoms with Gasteiger partial charge in [0, 0.05) is 24.8 Å². The SMILES string of the molecule is NS(=O)(=O)OCCC1OC2(CCCCC2)Oc2c(Cl)cccc21. The largest absolute Gasteiger partial charge is 0.460 e. The van der Waals surface area contributed by atoms with Gasteiger partial charge in [-0.3, -0.25) is 4.18 Å². The summed E-state index contributed by atoms with van der Waals surface area (Å²) in [6.07, 6.45) is 4.82. The summed E-state index contributed by atoms with van der Waals surface area (Å²) in [5, 5.41) is 5.40. The maximum absolute atomic E-state index is 10.9. The molecule has 1 atom stereocenters. The normalized spacial score (nSPS) is 23.3. The zero-order valence-corrected chi connectivity index (χ0v) is 14.2. The molecule has 8 heteroatoms. The Kier molecular flexibility index (Phi) is 4.85. The minimum atomic E-state index is -3.96. The number of ether oxygens (including phenoxy) is 2. The molecule has 1 aliphatic heterocycles. The second kappa shape index (κ2) is 6.57. The molecule has 1 aromatic rings. The van der Waals surface area contributed by atoms with Gasteiger partial charge in [-0.1, -0.05) is 30.2 Å². The maximum Gasteiger partial charge on any atom is 0.333 e. The topological polar surface area (TPSA) is 87.9 Å². The molecule has 6 nitrogen and oxygen atoms in total. The molecule has 1 heterocycles. The van der Waals surface area contributed by atoms with E-state index in [0.29, 0.717) is 17.2 Å². The molecule has 2 N–H and O–H groups in total. The Morgan fingerprint density at radius 2 is 2.04 bits per heavy atom. The zero-order chi connectivity index (χ0) is 16.5. The molecule has 23 heavy (non-hydrogen) atoms. The minimum absolute atomic E-state index is 0.0501. The lowest BCUT2D eigenvalue weighted by atomic mass is 9.91. The van der Waals surface area contributed by atoms with Crippen LogP contribution >= 0.6 is 11.6 Å². The van der Waals surface area contributed by atoms with E-state index in [1.165, 1.54) is 0 Å². The number of halogens is 1. The van der Waals surface area contributed by atoms with Gasteiger partial charge in [0.2, 0.25) is 5.79 Å². The summed E-state index contributed by atoms with van der Waals surface area (Å²) in [5.41, 5.74) is 0.812. The third kappa shape index (κ3) is 3.97. The molecule has 0 saturated heterocycles.